The third-order valence-electron chi connectivity index (χ3n) is 4.95. The highest BCUT2D eigenvalue weighted by Crippen LogP contribution is 2.27. The van der Waals surface area contributed by atoms with E-state index in [1.807, 2.05) is 61.5 Å². The summed E-state index contributed by atoms with van der Waals surface area (Å²) in [6.45, 7) is 1.90. The van der Waals surface area contributed by atoms with Gasteiger partial charge in [0.05, 0.1) is 12.1 Å². The van der Waals surface area contributed by atoms with Crippen molar-refractivity contribution in [1.29, 1.82) is 0 Å². The molecule has 30 heavy (non-hydrogen) atoms. The Labute approximate surface area is 170 Å². The second-order valence-electron chi connectivity index (χ2n) is 7.11. The Bertz CT molecular complexity index is 1390. The van der Waals surface area contributed by atoms with Crippen LogP contribution in [0, 0.1) is 6.92 Å². The average Bonchev–Trinajstić information content (AvgIpc) is 3.39. The number of H-pyrrole nitrogens is 1. The van der Waals surface area contributed by atoms with E-state index in [0.29, 0.717) is 18.7 Å². The number of nitrogens with one attached hydrogen (secondary N) is 1. The van der Waals surface area contributed by atoms with Gasteiger partial charge in [0, 0.05) is 17.4 Å². The highest BCUT2D eigenvalue weighted by molar-refractivity contribution is 5.79. The number of oxazole rings is 2. The molecule has 0 spiro atoms. The summed E-state index contributed by atoms with van der Waals surface area (Å²) in [6, 6.07) is 17.4. The summed E-state index contributed by atoms with van der Waals surface area (Å²) in [7, 11) is 0. The first kappa shape index (κ1) is 18.1. The summed E-state index contributed by atoms with van der Waals surface area (Å²) < 4.78 is 16.8. The zero-order chi connectivity index (χ0) is 20.7. The third-order valence-corrected chi connectivity index (χ3v) is 4.95. The number of aryl methyl sites for hydroxylation is 1. The second-order valence-corrected chi connectivity index (χ2v) is 7.11. The largest absolute Gasteiger partial charge is 0.492 e. The molecule has 0 radical (unpaired) electrons. The van der Waals surface area contributed by atoms with Gasteiger partial charge in [-0.1, -0.05) is 24.3 Å². The summed E-state index contributed by atoms with van der Waals surface area (Å²) in [5.74, 6) is 1.40. The van der Waals surface area contributed by atoms with Crippen LogP contribution in [0.2, 0.25) is 0 Å². The van der Waals surface area contributed by atoms with Crippen LogP contribution in [0.15, 0.2) is 72.6 Å². The van der Waals surface area contributed by atoms with E-state index >= 15 is 0 Å². The van der Waals surface area contributed by atoms with Crippen LogP contribution in [0.25, 0.3) is 22.4 Å². The summed E-state index contributed by atoms with van der Waals surface area (Å²) in [4.78, 5) is 18.0. The Morgan fingerprint density at radius 1 is 1.00 bits per heavy atom. The molecule has 0 saturated carbocycles. The van der Waals surface area contributed by atoms with Crippen molar-refractivity contribution in [2.75, 3.05) is 0 Å². The number of aromatic hydroxyl groups is 1. The number of hydrogen-bond donors (Lipinski definition) is 2. The van der Waals surface area contributed by atoms with Gasteiger partial charge in [0.25, 0.3) is 0 Å². The molecule has 3 aromatic heterocycles. The fourth-order valence-electron chi connectivity index (χ4n) is 3.46. The SMILES string of the molecule is Cc1oc(-c2ccccc2)nc1Cc1cc2cc(Cc3oc(=O)[nH]c3O)ccc2o1. The first-order valence-corrected chi connectivity index (χ1v) is 9.49. The van der Waals surface area contributed by atoms with Gasteiger partial charge in [-0.3, -0.25) is 4.98 Å². The van der Waals surface area contributed by atoms with Crippen LogP contribution >= 0.6 is 0 Å². The van der Waals surface area contributed by atoms with E-state index in [1.165, 1.54) is 0 Å². The number of benzene rings is 2. The molecule has 0 unspecified atom stereocenters. The topological polar surface area (TPSA) is 105 Å². The standard InChI is InChI=1S/C23H18N2O5/c1-13-18(24-22(28-13)15-5-3-2-4-6-15)12-17-11-16-9-14(7-8-19(16)29-17)10-20-21(26)25-23(27)30-20/h2-9,11,26H,10,12H2,1H3,(H,25,27). The Hall–Kier alpha value is -4.00. The van der Waals surface area contributed by atoms with E-state index in [4.69, 9.17) is 13.3 Å². The number of aromatic nitrogens is 2. The lowest BCUT2D eigenvalue weighted by atomic mass is 10.1. The number of hydrogen-bond acceptors (Lipinski definition) is 6. The van der Waals surface area contributed by atoms with E-state index in [9.17, 15) is 9.90 Å². The van der Waals surface area contributed by atoms with Gasteiger partial charge in [0.1, 0.15) is 17.1 Å². The highest BCUT2D eigenvalue weighted by Gasteiger charge is 2.15. The van der Waals surface area contributed by atoms with E-state index in [-0.39, 0.29) is 11.6 Å². The highest BCUT2D eigenvalue weighted by atomic mass is 16.4. The van der Waals surface area contributed by atoms with Gasteiger partial charge in [0.2, 0.25) is 11.8 Å². The molecule has 0 amide bonds. The van der Waals surface area contributed by atoms with Gasteiger partial charge in [-0.15, -0.1) is 0 Å². The lowest BCUT2D eigenvalue weighted by Gasteiger charge is -1.98. The van der Waals surface area contributed by atoms with Crippen molar-refractivity contribution in [1.82, 2.24) is 9.97 Å². The lowest BCUT2D eigenvalue weighted by Crippen LogP contribution is -1.93. The van der Waals surface area contributed by atoms with Crippen molar-refractivity contribution >= 4 is 11.0 Å². The first-order chi connectivity index (χ1) is 14.5. The fraction of sp³-hybridized carbons (Fsp3) is 0.130. The molecule has 0 aliphatic rings. The number of rotatable bonds is 5. The molecule has 2 aromatic carbocycles. The number of fused-ring (bicyclic) bond motifs is 1. The van der Waals surface area contributed by atoms with Gasteiger partial charge in [0.15, 0.2) is 5.76 Å². The molecular formula is C23H18N2O5. The van der Waals surface area contributed by atoms with E-state index < -0.39 is 5.76 Å². The normalized spacial score (nSPS) is 11.4. The molecular weight excluding hydrogens is 384 g/mol. The van der Waals surface area contributed by atoms with Crippen molar-refractivity contribution in [3.05, 3.63) is 93.7 Å². The predicted octanol–water partition coefficient (Wildman–Crippen LogP) is 4.56. The summed E-state index contributed by atoms with van der Waals surface area (Å²) >= 11 is 0. The molecule has 0 bridgehead atoms. The maximum Gasteiger partial charge on any atom is 0.419 e. The number of nitrogens with zero attached hydrogens (tertiary/aromatic N) is 1. The van der Waals surface area contributed by atoms with Crippen molar-refractivity contribution < 1.29 is 18.4 Å². The quantitative estimate of drug-likeness (QED) is 0.446. The molecule has 7 nitrogen and oxygen atoms in total. The van der Waals surface area contributed by atoms with Crippen LogP contribution in [0.5, 0.6) is 5.88 Å². The Morgan fingerprint density at radius 2 is 1.83 bits per heavy atom. The molecule has 0 atom stereocenters. The molecule has 150 valence electrons. The van der Waals surface area contributed by atoms with E-state index in [1.54, 1.807) is 0 Å². The van der Waals surface area contributed by atoms with Crippen LogP contribution < -0.4 is 5.76 Å². The molecule has 3 heterocycles. The Kier molecular flexibility index (Phi) is 4.28. The second kappa shape index (κ2) is 7.11. The molecule has 0 saturated heterocycles. The van der Waals surface area contributed by atoms with Crippen LogP contribution in [0.1, 0.15) is 28.5 Å². The van der Waals surface area contributed by atoms with Crippen molar-refractivity contribution in [3.63, 3.8) is 0 Å². The summed E-state index contributed by atoms with van der Waals surface area (Å²) in [5, 5.41) is 10.6. The van der Waals surface area contributed by atoms with Gasteiger partial charge in [-0.25, -0.2) is 9.78 Å². The smallest absolute Gasteiger partial charge is 0.419 e. The molecule has 5 rings (SSSR count). The monoisotopic (exact) mass is 402 g/mol. The molecule has 5 aromatic rings. The maximum atomic E-state index is 11.2. The van der Waals surface area contributed by atoms with Crippen LogP contribution in [-0.4, -0.2) is 15.1 Å². The van der Waals surface area contributed by atoms with Crippen LogP contribution in [0.4, 0.5) is 0 Å². The predicted molar refractivity (Wildman–Crippen MR) is 109 cm³/mol. The number of furan rings is 1. The fourth-order valence-corrected chi connectivity index (χ4v) is 3.46. The zero-order valence-corrected chi connectivity index (χ0v) is 16.1. The first-order valence-electron chi connectivity index (χ1n) is 9.49. The van der Waals surface area contributed by atoms with Crippen molar-refractivity contribution in [2.24, 2.45) is 0 Å². The number of aromatic amines is 1. The van der Waals surface area contributed by atoms with E-state index in [2.05, 4.69) is 9.97 Å². The molecule has 0 aliphatic heterocycles. The Morgan fingerprint density at radius 3 is 2.60 bits per heavy atom. The Balaban J connectivity index is 1.40. The van der Waals surface area contributed by atoms with E-state index in [0.717, 1.165) is 39.3 Å². The van der Waals surface area contributed by atoms with Crippen molar-refractivity contribution in [3.8, 4) is 17.3 Å². The minimum absolute atomic E-state index is 0.203. The zero-order valence-electron chi connectivity index (χ0n) is 16.1. The third kappa shape index (κ3) is 3.41. The minimum Gasteiger partial charge on any atom is -0.492 e. The maximum absolute atomic E-state index is 11.2. The minimum atomic E-state index is -0.674. The van der Waals surface area contributed by atoms with Gasteiger partial charge in [-0.05, 0) is 42.8 Å². The van der Waals surface area contributed by atoms with Crippen molar-refractivity contribution in [2.45, 2.75) is 19.8 Å². The van der Waals surface area contributed by atoms with Crippen LogP contribution in [-0.2, 0) is 12.8 Å². The molecule has 0 aliphatic carbocycles. The molecule has 0 fully saturated rings. The van der Waals surface area contributed by atoms with Crippen LogP contribution in [0.3, 0.4) is 0 Å². The van der Waals surface area contributed by atoms with Gasteiger partial charge in [-0.2, -0.15) is 0 Å². The molecule has 7 heteroatoms. The average molecular weight is 402 g/mol. The van der Waals surface area contributed by atoms with Gasteiger partial charge >= 0.3 is 5.76 Å². The van der Waals surface area contributed by atoms with Gasteiger partial charge < -0.3 is 18.4 Å². The summed E-state index contributed by atoms with van der Waals surface area (Å²) in [6.07, 6.45) is 0.809. The lowest BCUT2D eigenvalue weighted by molar-refractivity contribution is 0.426. The summed E-state index contributed by atoms with van der Waals surface area (Å²) in [5.41, 5.74) is 3.39. The molecule has 2 N–H and O–H groups in total.